The number of piperazine rings is 1. The van der Waals surface area contributed by atoms with Crippen molar-refractivity contribution in [2.75, 3.05) is 56.2 Å². The lowest BCUT2D eigenvalue weighted by Gasteiger charge is -2.36. The first-order chi connectivity index (χ1) is 14.2. The Labute approximate surface area is 173 Å². The normalized spacial score (nSPS) is 16.9. The van der Waals surface area contributed by atoms with E-state index in [2.05, 4.69) is 33.0 Å². The summed E-state index contributed by atoms with van der Waals surface area (Å²) in [6.07, 6.45) is 5.69. The maximum Gasteiger partial charge on any atom is 0.223 e. The molecule has 1 amide bonds. The highest BCUT2D eigenvalue weighted by atomic mass is 16.5. The van der Waals surface area contributed by atoms with E-state index in [-0.39, 0.29) is 5.91 Å². The van der Waals surface area contributed by atoms with Crippen LogP contribution in [0.4, 0.5) is 11.5 Å². The third kappa shape index (κ3) is 4.81. The fourth-order valence-corrected chi connectivity index (χ4v) is 4.17. The molecule has 0 N–H and O–H groups in total. The molecule has 6 nitrogen and oxygen atoms in total. The molecule has 29 heavy (non-hydrogen) atoms. The zero-order chi connectivity index (χ0) is 20.1. The summed E-state index contributed by atoms with van der Waals surface area (Å²) >= 11 is 0. The van der Waals surface area contributed by atoms with Gasteiger partial charge in [-0.3, -0.25) is 4.79 Å². The van der Waals surface area contributed by atoms with Crippen LogP contribution in [0, 0.1) is 0 Å². The van der Waals surface area contributed by atoms with Gasteiger partial charge in [0.25, 0.3) is 0 Å². The molecule has 2 saturated heterocycles. The average Bonchev–Trinajstić information content (AvgIpc) is 3.33. The third-order valence-corrected chi connectivity index (χ3v) is 5.92. The number of benzene rings is 1. The molecule has 0 saturated carbocycles. The fraction of sp³-hybridized carbons (Fsp3) is 0.478. The first-order valence-electron chi connectivity index (χ1n) is 10.6. The van der Waals surface area contributed by atoms with Crippen molar-refractivity contribution in [3.63, 3.8) is 0 Å². The first-order valence-corrected chi connectivity index (χ1v) is 10.6. The van der Waals surface area contributed by atoms with E-state index in [0.717, 1.165) is 62.9 Å². The maximum absolute atomic E-state index is 12.7. The minimum Gasteiger partial charge on any atom is -0.497 e. The highest BCUT2D eigenvalue weighted by Crippen LogP contribution is 2.23. The fourth-order valence-electron chi connectivity index (χ4n) is 4.17. The zero-order valence-corrected chi connectivity index (χ0v) is 17.2. The van der Waals surface area contributed by atoms with Crippen molar-refractivity contribution in [1.82, 2.24) is 9.88 Å². The van der Waals surface area contributed by atoms with Crippen LogP contribution in [-0.4, -0.2) is 62.2 Å². The van der Waals surface area contributed by atoms with Gasteiger partial charge < -0.3 is 19.4 Å². The summed E-state index contributed by atoms with van der Waals surface area (Å²) in [5.41, 5.74) is 2.35. The van der Waals surface area contributed by atoms with E-state index in [1.165, 1.54) is 18.4 Å². The van der Waals surface area contributed by atoms with Crippen molar-refractivity contribution in [3.05, 3.63) is 48.2 Å². The molecular weight excluding hydrogens is 364 g/mol. The summed E-state index contributed by atoms with van der Waals surface area (Å²) in [6, 6.07) is 12.3. The molecule has 0 atom stereocenters. The summed E-state index contributed by atoms with van der Waals surface area (Å²) in [7, 11) is 1.69. The Morgan fingerprint density at radius 2 is 1.79 bits per heavy atom. The number of rotatable bonds is 6. The summed E-state index contributed by atoms with van der Waals surface area (Å²) in [5, 5.41) is 0. The number of pyridine rings is 1. The molecule has 0 spiro atoms. The van der Waals surface area contributed by atoms with E-state index in [9.17, 15) is 4.79 Å². The lowest BCUT2D eigenvalue weighted by Crippen LogP contribution is -2.48. The molecule has 2 aromatic rings. The van der Waals surface area contributed by atoms with Crippen molar-refractivity contribution in [2.45, 2.75) is 25.7 Å². The number of hydrogen-bond donors (Lipinski definition) is 0. The Bertz CT molecular complexity index is 827. The zero-order valence-electron chi connectivity index (χ0n) is 17.2. The van der Waals surface area contributed by atoms with Crippen molar-refractivity contribution in [1.29, 1.82) is 0 Å². The van der Waals surface area contributed by atoms with Crippen molar-refractivity contribution in [2.24, 2.45) is 0 Å². The molecule has 1 aromatic heterocycles. The number of anilines is 2. The van der Waals surface area contributed by atoms with Gasteiger partial charge in [0, 0.05) is 63.6 Å². The second-order valence-corrected chi connectivity index (χ2v) is 7.79. The molecule has 0 radical (unpaired) electrons. The summed E-state index contributed by atoms with van der Waals surface area (Å²) in [4.78, 5) is 23.9. The lowest BCUT2D eigenvalue weighted by molar-refractivity contribution is -0.131. The van der Waals surface area contributed by atoms with E-state index in [4.69, 9.17) is 4.74 Å². The number of amides is 1. The molecule has 2 aliphatic heterocycles. The van der Waals surface area contributed by atoms with E-state index in [1.54, 1.807) is 7.11 Å². The monoisotopic (exact) mass is 394 g/mol. The van der Waals surface area contributed by atoms with E-state index < -0.39 is 0 Å². The Morgan fingerprint density at radius 1 is 1.00 bits per heavy atom. The number of methoxy groups -OCH3 is 1. The first kappa shape index (κ1) is 19.6. The number of aryl methyl sites for hydroxylation is 1. The number of carbonyl (C=O) groups excluding carboxylic acids is 1. The molecule has 1 aromatic carbocycles. The van der Waals surface area contributed by atoms with Gasteiger partial charge in [-0.05, 0) is 49.1 Å². The van der Waals surface area contributed by atoms with Crippen LogP contribution in [0.25, 0.3) is 0 Å². The van der Waals surface area contributed by atoms with Gasteiger partial charge in [0.1, 0.15) is 11.6 Å². The van der Waals surface area contributed by atoms with Gasteiger partial charge in [-0.15, -0.1) is 0 Å². The topological polar surface area (TPSA) is 48.9 Å². The molecule has 0 aliphatic carbocycles. The van der Waals surface area contributed by atoms with Crippen LogP contribution in [0.5, 0.6) is 5.75 Å². The molecule has 2 fully saturated rings. The third-order valence-electron chi connectivity index (χ3n) is 5.92. The Morgan fingerprint density at radius 3 is 2.55 bits per heavy atom. The Kier molecular flexibility index (Phi) is 6.17. The van der Waals surface area contributed by atoms with Crippen LogP contribution in [0.15, 0.2) is 42.6 Å². The van der Waals surface area contributed by atoms with Crippen molar-refractivity contribution in [3.8, 4) is 5.75 Å². The van der Waals surface area contributed by atoms with Gasteiger partial charge in [0.05, 0.1) is 7.11 Å². The summed E-state index contributed by atoms with van der Waals surface area (Å²) < 4.78 is 5.32. The Balaban J connectivity index is 1.27. The molecule has 4 rings (SSSR count). The van der Waals surface area contributed by atoms with Crippen LogP contribution >= 0.6 is 0 Å². The molecule has 2 aliphatic rings. The number of carbonyl (C=O) groups is 1. The van der Waals surface area contributed by atoms with E-state index in [1.807, 2.05) is 29.3 Å². The highest BCUT2D eigenvalue weighted by molar-refractivity contribution is 5.77. The number of nitrogens with zero attached hydrogens (tertiary/aromatic N) is 4. The second-order valence-electron chi connectivity index (χ2n) is 7.79. The van der Waals surface area contributed by atoms with Crippen LogP contribution in [0.1, 0.15) is 24.8 Å². The maximum atomic E-state index is 12.7. The summed E-state index contributed by atoms with van der Waals surface area (Å²) in [6.45, 7) is 5.43. The number of aromatic nitrogens is 1. The molecule has 154 valence electrons. The van der Waals surface area contributed by atoms with Gasteiger partial charge in [0.2, 0.25) is 5.91 Å². The van der Waals surface area contributed by atoms with Gasteiger partial charge in [-0.25, -0.2) is 4.98 Å². The van der Waals surface area contributed by atoms with Crippen LogP contribution in [-0.2, 0) is 11.2 Å². The summed E-state index contributed by atoms with van der Waals surface area (Å²) in [5.74, 6) is 2.17. The van der Waals surface area contributed by atoms with Gasteiger partial charge in [0.15, 0.2) is 0 Å². The van der Waals surface area contributed by atoms with Gasteiger partial charge >= 0.3 is 0 Å². The lowest BCUT2D eigenvalue weighted by atomic mass is 10.1. The average molecular weight is 395 g/mol. The predicted octanol–water partition coefficient (Wildman–Crippen LogP) is 2.97. The second kappa shape index (κ2) is 9.16. The van der Waals surface area contributed by atoms with E-state index >= 15 is 0 Å². The van der Waals surface area contributed by atoms with Crippen LogP contribution in [0.2, 0.25) is 0 Å². The van der Waals surface area contributed by atoms with Crippen molar-refractivity contribution >= 4 is 17.4 Å². The Hall–Kier alpha value is -2.76. The molecule has 3 heterocycles. The number of ether oxygens (including phenoxy) is 1. The molecule has 0 unspecified atom stereocenters. The minimum atomic E-state index is 0.245. The number of hydrogen-bond acceptors (Lipinski definition) is 5. The quantitative estimate of drug-likeness (QED) is 0.754. The molecule has 0 bridgehead atoms. The molecule has 6 heteroatoms. The largest absolute Gasteiger partial charge is 0.497 e. The standard InChI is InChI=1S/C23H30N4O2/c1-29-21-6-4-5-20(18-21)25-13-15-27(16-14-25)23(28)8-7-19-9-10-24-22(17-19)26-11-2-3-12-26/h4-6,9-10,17-18H,2-3,7-8,11-16H2,1H3. The van der Waals surface area contributed by atoms with Crippen LogP contribution < -0.4 is 14.5 Å². The minimum absolute atomic E-state index is 0.245. The van der Waals surface area contributed by atoms with Crippen molar-refractivity contribution < 1.29 is 9.53 Å². The predicted molar refractivity (Wildman–Crippen MR) is 116 cm³/mol. The SMILES string of the molecule is COc1cccc(N2CCN(C(=O)CCc3ccnc(N4CCCC4)c3)CC2)c1. The van der Waals surface area contributed by atoms with Gasteiger partial charge in [-0.1, -0.05) is 6.07 Å². The smallest absolute Gasteiger partial charge is 0.223 e. The van der Waals surface area contributed by atoms with E-state index in [0.29, 0.717) is 6.42 Å². The highest BCUT2D eigenvalue weighted by Gasteiger charge is 2.21. The van der Waals surface area contributed by atoms with Gasteiger partial charge in [-0.2, -0.15) is 0 Å². The molecular formula is C23H30N4O2. The van der Waals surface area contributed by atoms with Crippen LogP contribution in [0.3, 0.4) is 0 Å².